The molecule has 1 aromatic carbocycles. The molecule has 16 nitrogen and oxygen atoms in total. The molecule has 18 heteroatoms. The smallest absolute Gasteiger partial charge is 0.410 e. The fraction of sp³-hybridized carbons (Fsp3) is 0.618. The van der Waals surface area contributed by atoms with Crippen molar-refractivity contribution >= 4 is 50.0 Å². The van der Waals surface area contributed by atoms with Gasteiger partial charge in [0.25, 0.3) is 5.91 Å². The van der Waals surface area contributed by atoms with Gasteiger partial charge in [-0.15, -0.1) is 3.71 Å². The molecule has 2 fully saturated rings. The van der Waals surface area contributed by atoms with E-state index in [4.69, 9.17) is 9.47 Å². The Hall–Kier alpha value is -4.19. The second-order valence-corrected chi connectivity index (χ2v) is 18.8. The van der Waals surface area contributed by atoms with Crippen molar-refractivity contribution in [3.05, 3.63) is 47.5 Å². The van der Waals surface area contributed by atoms with Gasteiger partial charge in [0.05, 0.1) is 19.1 Å². The number of alkyl carbamates (subject to hydrolysis) is 1. The number of hydrogen-bond donors (Lipinski definition) is 2. The third-order valence-corrected chi connectivity index (χ3v) is 12.6. The summed E-state index contributed by atoms with van der Waals surface area (Å²) in [6.45, 7) is 5.43. The maximum absolute atomic E-state index is 14.3. The van der Waals surface area contributed by atoms with Gasteiger partial charge >= 0.3 is 12.2 Å². The molecule has 3 aliphatic heterocycles. The summed E-state index contributed by atoms with van der Waals surface area (Å²) in [5.41, 5.74) is -0.885. The van der Waals surface area contributed by atoms with Crippen LogP contribution in [-0.4, -0.2) is 109 Å². The van der Waals surface area contributed by atoms with E-state index in [2.05, 4.69) is 10.6 Å². The predicted octanol–water partition coefficient (Wildman–Crippen LogP) is 2.14. The number of rotatable bonds is 5. The van der Waals surface area contributed by atoms with E-state index in [0.717, 1.165) is 11.1 Å². The molecule has 0 aromatic heterocycles. The number of allylic oxidation sites excluding steroid dienone is 1. The van der Waals surface area contributed by atoms with Gasteiger partial charge in [0.15, 0.2) is 0 Å². The van der Waals surface area contributed by atoms with Crippen LogP contribution in [0.25, 0.3) is 0 Å². The average Bonchev–Trinajstić information content (AvgIpc) is 3.32. The number of nitrogens with zero attached hydrogens (tertiary/aromatic N) is 3. The van der Waals surface area contributed by atoms with Crippen LogP contribution in [0, 0.1) is 5.92 Å². The number of carbonyl (C=O) groups excluding carboxylic acids is 5. The molecule has 5 amide bonds. The van der Waals surface area contributed by atoms with Crippen LogP contribution in [-0.2, 0) is 57.0 Å². The molecular formula is C34H47N5O11S2. The van der Waals surface area contributed by atoms with Gasteiger partial charge < -0.3 is 25.0 Å². The summed E-state index contributed by atoms with van der Waals surface area (Å²) < 4.78 is 61.5. The van der Waals surface area contributed by atoms with Crippen LogP contribution >= 0.6 is 0 Å². The van der Waals surface area contributed by atoms with Gasteiger partial charge in [-0.2, -0.15) is 0 Å². The zero-order valence-electron chi connectivity index (χ0n) is 30.0. The Balaban J connectivity index is 1.46. The van der Waals surface area contributed by atoms with Crippen molar-refractivity contribution in [2.24, 2.45) is 5.92 Å². The SMILES string of the molecule is CC(C)(C)OC(=O)N[C@H]1CCCCC/C=C\[C@@H]2C[C@@]2(C(=O)N(S(C)(=O)=O)S(C)(=O)=O)NC(=O)[C@@H]2C[C@@H](OC(=O)N3Cc4ccccc4C3)CN2C1=O. The Kier molecular flexibility index (Phi) is 11.0. The standard InChI is InChI=1S/C34H47N5O11S2/c1-33(2,3)50-31(43)35-26-16-10-8-6-7-9-15-24-18-34(24,30(42)39(51(4,45)46)52(5,47)48)36-28(40)27-17-25(21-38(27)29(26)41)49-32(44)37-19-22-13-11-12-14-23(22)20-37/h9,11-15,24-27H,6-8,10,16-21H2,1-5H3,(H,35,43)(H,36,40)/b15-9-/t24-,25-,26+,27+,34-/m1/s1. The maximum atomic E-state index is 14.3. The average molecular weight is 766 g/mol. The Labute approximate surface area is 304 Å². The highest BCUT2D eigenvalue weighted by Gasteiger charge is 2.64. The quantitative estimate of drug-likeness (QED) is 0.416. The summed E-state index contributed by atoms with van der Waals surface area (Å²) in [6.07, 6.45) is 4.50. The third-order valence-electron chi connectivity index (χ3n) is 9.45. The molecular weight excluding hydrogens is 719 g/mol. The highest BCUT2D eigenvalue weighted by molar-refractivity contribution is 8.04. The molecule has 1 saturated carbocycles. The van der Waals surface area contributed by atoms with E-state index >= 15 is 0 Å². The number of benzene rings is 1. The van der Waals surface area contributed by atoms with Gasteiger partial charge in [-0.3, -0.25) is 19.3 Å². The lowest BCUT2D eigenvalue weighted by molar-refractivity contribution is -0.141. The van der Waals surface area contributed by atoms with Crippen molar-refractivity contribution in [2.45, 2.75) is 108 Å². The molecule has 1 aliphatic carbocycles. The summed E-state index contributed by atoms with van der Waals surface area (Å²) in [5.74, 6) is -3.61. The summed E-state index contributed by atoms with van der Waals surface area (Å²) in [5, 5.41) is 5.25. The molecule has 2 N–H and O–H groups in total. The highest BCUT2D eigenvalue weighted by atomic mass is 32.3. The molecule has 3 heterocycles. The lowest BCUT2D eigenvalue weighted by Gasteiger charge is -2.31. The van der Waals surface area contributed by atoms with Crippen LogP contribution < -0.4 is 10.6 Å². The first-order valence-electron chi connectivity index (χ1n) is 17.3. The molecule has 1 saturated heterocycles. The van der Waals surface area contributed by atoms with Crippen LogP contribution in [0.5, 0.6) is 0 Å². The monoisotopic (exact) mass is 765 g/mol. The number of hydrogen-bond acceptors (Lipinski definition) is 11. The number of ether oxygens (including phenoxy) is 2. The number of nitrogens with one attached hydrogen (secondary N) is 2. The molecule has 4 aliphatic rings. The third kappa shape index (κ3) is 8.87. The van der Waals surface area contributed by atoms with E-state index < -0.39 is 85.2 Å². The lowest BCUT2D eigenvalue weighted by atomic mass is 10.0. The summed E-state index contributed by atoms with van der Waals surface area (Å²) in [6, 6.07) is 5.08. The fourth-order valence-corrected chi connectivity index (χ4v) is 9.88. The lowest BCUT2D eigenvalue weighted by Crippen LogP contribution is -2.59. The summed E-state index contributed by atoms with van der Waals surface area (Å²) in [7, 11) is -9.27. The molecule has 286 valence electrons. The molecule has 0 radical (unpaired) electrons. The first-order valence-corrected chi connectivity index (χ1v) is 21.0. The van der Waals surface area contributed by atoms with Crippen LogP contribution in [0.1, 0.15) is 76.8 Å². The van der Waals surface area contributed by atoms with Gasteiger partial charge in [-0.05, 0) is 57.6 Å². The number of fused-ring (bicyclic) bond motifs is 3. The summed E-state index contributed by atoms with van der Waals surface area (Å²) in [4.78, 5) is 71.3. The van der Waals surface area contributed by atoms with Crippen LogP contribution in [0.2, 0.25) is 0 Å². The van der Waals surface area contributed by atoms with Gasteiger partial charge in [-0.1, -0.05) is 49.3 Å². The number of carbonyl (C=O) groups is 5. The second-order valence-electron chi connectivity index (χ2n) is 14.9. The first-order chi connectivity index (χ1) is 24.2. The van der Waals surface area contributed by atoms with E-state index in [1.807, 2.05) is 24.3 Å². The normalized spacial score (nSPS) is 27.5. The van der Waals surface area contributed by atoms with Crippen molar-refractivity contribution in [1.29, 1.82) is 0 Å². The summed E-state index contributed by atoms with van der Waals surface area (Å²) >= 11 is 0. The van der Waals surface area contributed by atoms with Crippen molar-refractivity contribution in [1.82, 2.24) is 24.1 Å². The van der Waals surface area contributed by atoms with Crippen LogP contribution in [0.15, 0.2) is 36.4 Å². The van der Waals surface area contributed by atoms with Gasteiger partial charge in [0.1, 0.15) is 29.3 Å². The molecule has 1 aromatic rings. The largest absolute Gasteiger partial charge is 0.444 e. The zero-order chi connectivity index (χ0) is 38.2. The van der Waals surface area contributed by atoms with Crippen molar-refractivity contribution in [3.63, 3.8) is 0 Å². The van der Waals surface area contributed by atoms with E-state index in [1.165, 1.54) is 9.80 Å². The molecule has 0 bridgehead atoms. The van der Waals surface area contributed by atoms with E-state index in [-0.39, 0.29) is 29.5 Å². The Morgan fingerprint density at radius 2 is 1.62 bits per heavy atom. The first kappa shape index (κ1) is 39.0. The highest BCUT2D eigenvalue weighted by Crippen LogP contribution is 2.47. The minimum atomic E-state index is -4.63. The number of sulfonamides is 2. The Morgan fingerprint density at radius 3 is 2.21 bits per heavy atom. The zero-order valence-corrected chi connectivity index (χ0v) is 31.6. The van der Waals surface area contributed by atoms with Crippen LogP contribution in [0.3, 0.4) is 0 Å². The molecule has 52 heavy (non-hydrogen) atoms. The minimum absolute atomic E-state index is 0.0902. The maximum Gasteiger partial charge on any atom is 0.410 e. The predicted molar refractivity (Wildman–Crippen MR) is 187 cm³/mol. The van der Waals surface area contributed by atoms with Crippen molar-refractivity contribution < 1.29 is 50.3 Å². The van der Waals surface area contributed by atoms with E-state index in [0.29, 0.717) is 51.3 Å². The van der Waals surface area contributed by atoms with Gasteiger partial charge in [0.2, 0.25) is 31.9 Å². The Morgan fingerprint density at radius 1 is 0.981 bits per heavy atom. The second kappa shape index (κ2) is 14.7. The molecule has 0 unspecified atom stereocenters. The molecule has 0 spiro atoms. The minimum Gasteiger partial charge on any atom is -0.444 e. The van der Waals surface area contributed by atoms with Crippen molar-refractivity contribution in [2.75, 3.05) is 19.1 Å². The topological polar surface area (TPSA) is 206 Å². The van der Waals surface area contributed by atoms with Gasteiger partial charge in [-0.25, -0.2) is 26.4 Å². The fourth-order valence-electron chi connectivity index (χ4n) is 6.99. The van der Waals surface area contributed by atoms with Crippen LogP contribution in [0.4, 0.5) is 9.59 Å². The number of amides is 5. The Bertz CT molecular complexity index is 1800. The molecule has 5 atom stereocenters. The van der Waals surface area contributed by atoms with Crippen molar-refractivity contribution in [3.8, 4) is 0 Å². The van der Waals surface area contributed by atoms with Gasteiger partial charge in [0, 0.05) is 25.4 Å². The van der Waals surface area contributed by atoms with E-state index in [9.17, 15) is 40.8 Å². The molecule has 5 rings (SSSR count). The van der Waals surface area contributed by atoms with E-state index in [1.54, 1.807) is 32.9 Å².